The molecule has 0 unspecified atom stereocenters. The van der Waals surface area contributed by atoms with Crippen LogP contribution >= 0.6 is 0 Å². The van der Waals surface area contributed by atoms with Crippen LogP contribution in [0.15, 0.2) is 30.6 Å². The Labute approximate surface area is 235 Å². The molecule has 10 nitrogen and oxygen atoms in total. The van der Waals surface area contributed by atoms with Crippen LogP contribution in [-0.4, -0.2) is 88.8 Å². The molecular weight excluding hydrogens is 566 g/mol. The summed E-state index contributed by atoms with van der Waals surface area (Å²) >= 11 is 0. The first-order valence-corrected chi connectivity index (χ1v) is 14.9. The lowest BCUT2D eigenvalue weighted by Crippen LogP contribution is -2.50. The summed E-state index contributed by atoms with van der Waals surface area (Å²) in [6, 6.07) is 4.55. The van der Waals surface area contributed by atoms with Gasteiger partial charge in [0.25, 0.3) is 0 Å². The quantitative estimate of drug-likeness (QED) is 0.394. The maximum atomic E-state index is 15.2. The summed E-state index contributed by atoms with van der Waals surface area (Å²) in [6.07, 6.45) is -0.517. The first kappa shape index (κ1) is 29.4. The SMILES string of the molecule is COC1CN(Cc2ccc(-n3cc(-c4nc(NC5CCN(S(C)(=O)=O)CC5)ncc4C(F)(F)F)nc3C)c(F)c2)C1. The second-order valence-electron chi connectivity index (χ2n) is 10.4. The molecule has 0 bridgehead atoms. The van der Waals surface area contributed by atoms with Crippen molar-refractivity contribution in [2.75, 3.05) is 44.9 Å². The molecule has 41 heavy (non-hydrogen) atoms. The van der Waals surface area contributed by atoms with Gasteiger partial charge in [-0.15, -0.1) is 0 Å². The van der Waals surface area contributed by atoms with Gasteiger partial charge in [0.15, 0.2) is 0 Å². The van der Waals surface area contributed by atoms with Crippen LogP contribution in [0.1, 0.15) is 29.8 Å². The van der Waals surface area contributed by atoms with E-state index in [4.69, 9.17) is 4.74 Å². The van der Waals surface area contributed by atoms with Crippen LogP contribution in [0.5, 0.6) is 0 Å². The molecule has 2 aliphatic rings. The Hall–Kier alpha value is -3.14. The van der Waals surface area contributed by atoms with Gasteiger partial charge in [0.1, 0.15) is 28.6 Å². The number of hydrogen-bond donors (Lipinski definition) is 1. The molecule has 2 aliphatic heterocycles. The number of methoxy groups -OCH3 is 1. The Morgan fingerprint density at radius 3 is 2.46 bits per heavy atom. The van der Waals surface area contributed by atoms with E-state index < -0.39 is 33.3 Å². The number of aromatic nitrogens is 4. The van der Waals surface area contributed by atoms with Gasteiger partial charge in [0.05, 0.1) is 18.0 Å². The molecule has 5 rings (SSSR count). The normalized spacial score (nSPS) is 18.0. The molecule has 2 saturated heterocycles. The largest absolute Gasteiger partial charge is 0.420 e. The van der Waals surface area contributed by atoms with Gasteiger partial charge < -0.3 is 14.6 Å². The van der Waals surface area contributed by atoms with Crippen molar-refractivity contribution in [1.82, 2.24) is 28.7 Å². The molecule has 15 heteroatoms. The lowest BCUT2D eigenvalue weighted by atomic mass is 10.1. The minimum absolute atomic E-state index is 0.0322. The number of anilines is 1. The fourth-order valence-corrected chi connectivity index (χ4v) is 5.98. The van der Waals surface area contributed by atoms with Crippen LogP contribution in [0, 0.1) is 12.7 Å². The third kappa shape index (κ3) is 6.52. The molecule has 0 atom stereocenters. The van der Waals surface area contributed by atoms with Crippen molar-refractivity contribution in [2.45, 2.75) is 44.6 Å². The van der Waals surface area contributed by atoms with Gasteiger partial charge in [-0.1, -0.05) is 6.07 Å². The van der Waals surface area contributed by atoms with E-state index in [-0.39, 0.29) is 48.4 Å². The first-order valence-electron chi connectivity index (χ1n) is 13.1. The second-order valence-corrected chi connectivity index (χ2v) is 12.4. The summed E-state index contributed by atoms with van der Waals surface area (Å²) < 4.78 is 88.5. The summed E-state index contributed by atoms with van der Waals surface area (Å²) in [5.74, 6) is -0.276. The van der Waals surface area contributed by atoms with Crippen molar-refractivity contribution >= 4 is 16.0 Å². The number of rotatable bonds is 8. The Morgan fingerprint density at radius 1 is 1.15 bits per heavy atom. The predicted octanol–water partition coefficient (Wildman–Crippen LogP) is 3.46. The molecule has 0 saturated carbocycles. The zero-order chi connectivity index (χ0) is 29.5. The van der Waals surface area contributed by atoms with E-state index in [1.54, 1.807) is 26.2 Å². The third-order valence-corrected chi connectivity index (χ3v) is 8.71. The zero-order valence-corrected chi connectivity index (χ0v) is 23.6. The number of alkyl halides is 3. The number of nitrogens with zero attached hydrogens (tertiary/aromatic N) is 6. The molecule has 0 radical (unpaired) electrons. The summed E-state index contributed by atoms with van der Waals surface area (Å²) in [5, 5.41) is 3.02. The summed E-state index contributed by atoms with van der Waals surface area (Å²) in [7, 11) is -1.66. The van der Waals surface area contributed by atoms with Gasteiger partial charge in [-0.2, -0.15) is 13.2 Å². The number of halogens is 4. The molecular formula is C26H31F4N7O3S. The summed E-state index contributed by atoms with van der Waals surface area (Å²) in [4.78, 5) is 14.4. The highest BCUT2D eigenvalue weighted by Gasteiger charge is 2.37. The standard InChI is InChI=1S/C26H31F4N7O3S/c1-16-32-22(15-37(16)23-5-4-17(10-21(23)27)12-35-13-19(14-35)40-2)24-20(26(28,29)30)11-31-25(34-24)33-18-6-8-36(9-7-18)41(3,38)39/h4-5,10-11,15,18-19H,6-9,12-14H2,1-3H3,(H,31,33,34). The van der Waals surface area contributed by atoms with E-state index in [0.717, 1.165) is 24.9 Å². The van der Waals surface area contributed by atoms with Crippen LogP contribution < -0.4 is 5.32 Å². The van der Waals surface area contributed by atoms with E-state index in [9.17, 15) is 21.6 Å². The lowest BCUT2D eigenvalue weighted by molar-refractivity contribution is -0.137. The van der Waals surface area contributed by atoms with Crippen LogP contribution in [0.2, 0.25) is 0 Å². The van der Waals surface area contributed by atoms with Crippen molar-refractivity contribution in [3.8, 4) is 17.1 Å². The highest BCUT2D eigenvalue weighted by atomic mass is 32.2. The number of imidazole rings is 1. The Bertz CT molecular complexity index is 1520. The first-order chi connectivity index (χ1) is 19.3. The second kappa shape index (κ2) is 11.3. The number of hydrogen-bond acceptors (Lipinski definition) is 8. The lowest BCUT2D eigenvalue weighted by Gasteiger charge is -2.38. The number of aryl methyl sites for hydroxylation is 1. The minimum atomic E-state index is -4.75. The third-order valence-electron chi connectivity index (χ3n) is 7.41. The van der Waals surface area contributed by atoms with Crippen molar-refractivity contribution < 1.29 is 30.7 Å². The Morgan fingerprint density at radius 2 is 1.85 bits per heavy atom. The molecule has 3 aromatic rings. The van der Waals surface area contributed by atoms with Gasteiger partial charge >= 0.3 is 6.18 Å². The smallest absolute Gasteiger partial charge is 0.379 e. The molecule has 4 heterocycles. The van der Waals surface area contributed by atoms with Crippen molar-refractivity contribution in [3.63, 3.8) is 0 Å². The van der Waals surface area contributed by atoms with E-state index in [1.807, 2.05) is 0 Å². The van der Waals surface area contributed by atoms with E-state index in [1.165, 1.54) is 21.1 Å². The van der Waals surface area contributed by atoms with Crippen molar-refractivity contribution in [1.29, 1.82) is 0 Å². The van der Waals surface area contributed by atoms with Crippen LogP contribution in [0.3, 0.4) is 0 Å². The van der Waals surface area contributed by atoms with Gasteiger partial charge in [0.2, 0.25) is 16.0 Å². The number of piperidine rings is 1. The average Bonchev–Trinajstić information content (AvgIpc) is 3.26. The fourth-order valence-electron chi connectivity index (χ4n) is 5.10. The zero-order valence-electron chi connectivity index (χ0n) is 22.8. The van der Waals surface area contributed by atoms with Gasteiger partial charge in [0, 0.05) is 58.3 Å². The molecule has 1 N–H and O–H groups in total. The average molecular weight is 598 g/mol. The molecule has 222 valence electrons. The highest BCUT2D eigenvalue weighted by Crippen LogP contribution is 2.36. The molecule has 1 aromatic carbocycles. The van der Waals surface area contributed by atoms with E-state index in [0.29, 0.717) is 25.6 Å². The maximum absolute atomic E-state index is 15.2. The number of benzene rings is 1. The van der Waals surface area contributed by atoms with Crippen LogP contribution in [-0.2, 0) is 27.5 Å². The predicted molar refractivity (Wildman–Crippen MR) is 143 cm³/mol. The molecule has 0 amide bonds. The van der Waals surface area contributed by atoms with Crippen molar-refractivity contribution in [3.05, 3.63) is 53.4 Å². The molecule has 0 spiro atoms. The van der Waals surface area contributed by atoms with Crippen LogP contribution in [0.25, 0.3) is 17.1 Å². The van der Waals surface area contributed by atoms with E-state index >= 15 is 4.39 Å². The van der Waals surface area contributed by atoms with E-state index in [2.05, 4.69) is 25.2 Å². The number of likely N-dealkylation sites (tertiary alicyclic amines) is 1. The highest BCUT2D eigenvalue weighted by molar-refractivity contribution is 7.88. The Kier molecular flexibility index (Phi) is 8.07. The fraction of sp³-hybridized carbons (Fsp3) is 0.500. The number of sulfonamides is 1. The molecule has 2 aromatic heterocycles. The monoisotopic (exact) mass is 597 g/mol. The van der Waals surface area contributed by atoms with Crippen molar-refractivity contribution in [2.24, 2.45) is 0 Å². The number of ether oxygens (including phenoxy) is 1. The Balaban J connectivity index is 1.38. The maximum Gasteiger partial charge on any atom is 0.420 e. The topological polar surface area (TPSA) is 105 Å². The number of nitrogens with one attached hydrogen (secondary N) is 1. The van der Waals surface area contributed by atoms with Gasteiger partial charge in [-0.3, -0.25) is 4.90 Å². The summed E-state index contributed by atoms with van der Waals surface area (Å²) in [6.45, 7) is 4.23. The van der Waals surface area contributed by atoms with Gasteiger partial charge in [-0.25, -0.2) is 32.1 Å². The molecule has 2 fully saturated rings. The summed E-state index contributed by atoms with van der Waals surface area (Å²) in [5.41, 5.74) is -0.664. The molecule has 0 aliphatic carbocycles. The van der Waals surface area contributed by atoms with Crippen LogP contribution in [0.4, 0.5) is 23.5 Å². The minimum Gasteiger partial charge on any atom is -0.379 e. The van der Waals surface area contributed by atoms with Gasteiger partial charge in [-0.05, 0) is 37.5 Å².